The fraction of sp³-hybridized carbons (Fsp3) is 0.476. The van der Waals surface area contributed by atoms with Crippen LogP contribution in [0.2, 0.25) is 0 Å². The molecule has 4 rings (SSSR count). The summed E-state index contributed by atoms with van der Waals surface area (Å²) in [7, 11) is 0. The molecule has 1 N–H and O–H groups in total. The molecule has 0 atom stereocenters. The zero-order chi connectivity index (χ0) is 21.1. The third-order valence-corrected chi connectivity index (χ3v) is 6.70. The van der Waals surface area contributed by atoms with Crippen molar-refractivity contribution in [3.8, 4) is 0 Å². The van der Waals surface area contributed by atoms with E-state index < -0.39 is 0 Å². The van der Waals surface area contributed by atoms with E-state index in [1.54, 1.807) is 28.9 Å². The van der Waals surface area contributed by atoms with Gasteiger partial charge in [-0.2, -0.15) is 0 Å². The second kappa shape index (κ2) is 9.09. The van der Waals surface area contributed by atoms with E-state index in [-0.39, 0.29) is 17.8 Å². The molecule has 30 heavy (non-hydrogen) atoms. The Morgan fingerprint density at radius 2 is 1.90 bits per heavy atom. The maximum absolute atomic E-state index is 13.1. The lowest BCUT2D eigenvalue weighted by molar-refractivity contribution is 0.0953. The van der Waals surface area contributed by atoms with Gasteiger partial charge in [-0.25, -0.2) is 14.2 Å². The van der Waals surface area contributed by atoms with Crippen LogP contribution in [0.25, 0.3) is 0 Å². The molecule has 3 heterocycles. The number of rotatable bonds is 7. The maximum Gasteiger partial charge on any atom is 0.326 e. The molecule has 0 spiro atoms. The normalized spacial score (nSPS) is 17.2. The van der Waals surface area contributed by atoms with Crippen molar-refractivity contribution in [3.63, 3.8) is 0 Å². The van der Waals surface area contributed by atoms with E-state index in [1.807, 2.05) is 0 Å². The summed E-state index contributed by atoms with van der Waals surface area (Å²) in [5.74, 6) is -0.428. The highest BCUT2D eigenvalue weighted by Gasteiger charge is 2.32. The number of likely N-dealkylation sites (tertiary alicyclic amines) is 1. The topological polar surface area (TPSA) is 68.8 Å². The molecule has 2 fully saturated rings. The zero-order valence-electron chi connectivity index (χ0n) is 17.1. The van der Waals surface area contributed by atoms with Crippen molar-refractivity contribution in [1.29, 1.82) is 0 Å². The standard InChI is InChI=1S/C21H26FN5O2S/c1-15-18(19(28)23-8-11-25-9-2-3-10-25)30-20(24-15)27-13-12-26(21(27)29)14-16-4-6-17(22)7-5-16/h4-7H,2-3,8-14H2,1H3,(H,23,28). The number of carbonyl (C=O) groups excluding carboxylic acids is 2. The van der Waals surface area contributed by atoms with E-state index in [1.165, 1.54) is 36.3 Å². The molecule has 1 aromatic heterocycles. The lowest BCUT2D eigenvalue weighted by Gasteiger charge is -2.17. The van der Waals surface area contributed by atoms with Crippen molar-refractivity contribution in [2.75, 3.05) is 44.2 Å². The lowest BCUT2D eigenvalue weighted by Crippen LogP contribution is -2.33. The second-order valence-electron chi connectivity index (χ2n) is 7.70. The van der Waals surface area contributed by atoms with Crippen molar-refractivity contribution in [2.45, 2.75) is 26.3 Å². The minimum Gasteiger partial charge on any atom is -0.350 e. The molecule has 2 aliphatic heterocycles. The highest BCUT2D eigenvalue weighted by atomic mass is 32.1. The van der Waals surface area contributed by atoms with Crippen LogP contribution in [0.3, 0.4) is 0 Å². The third kappa shape index (κ3) is 4.62. The minimum absolute atomic E-state index is 0.134. The molecule has 2 saturated heterocycles. The Labute approximate surface area is 179 Å². The lowest BCUT2D eigenvalue weighted by atomic mass is 10.2. The maximum atomic E-state index is 13.1. The van der Waals surface area contributed by atoms with Crippen molar-refractivity contribution in [1.82, 2.24) is 20.1 Å². The first-order valence-corrected chi connectivity index (χ1v) is 11.1. The highest BCUT2D eigenvalue weighted by Crippen LogP contribution is 2.29. The first-order chi connectivity index (χ1) is 14.5. The van der Waals surface area contributed by atoms with Gasteiger partial charge in [0, 0.05) is 32.7 Å². The van der Waals surface area contributed by atoms with Crippen LogP contribution in [0, 0.1) is 12.7 Å². The van der Waals surface area contributed by atoms with E-state index in [9.17, 15) is 14.0 Å². The van der Waals surface area contributed by atoms with Gasteiger partial charge in [0.2, 0.25) is 0 Å². The summed E-state index contributed by atoms with van der Waals surface area (Å²) in [6.45, 7) is 6.97. The number of thiazole rings is 1. The molecule has 160 valence electrons. The van der Waals surface area contributed by atoms with Gasteiger partial charge in [-0.1, -0.05) is 23.5 Å². The first kappa shape index (κ1) is 20.7. The van der Waals surface area contributed by atoms with Crippen LogP contribution in [-0.2, 0) is 6.54 Å². The van der Waals surface area contributed by atoms with Gasteiger partial charge in [0.25, 0.3) is 5.91 Å². The van der Waals surface area contributed by atoms with Gasteiger partial charge in [-0.05, 0) is 50.6 Å². The highest BCUT2D eigenvalue weighted by molar-refractivity contribution is 7.17. The molecule has 2 aromatic rings. The Morgan fingerprint density at radius 1 is 1.17 bits per heavy atom. The number of benzene rings is 1. The number of aryl methyl sites for hydroxylation is 1. The van der Waals surface area contributed by atoms with Crippen LogP contribution >= 0.6 is 11.3 Å². The predicted molar refractivity (Wildman–Crippen MR) is 114 cm³/mol. The summed E-state index contributed by atoms with van der Waals surface area (Å²) in [5.41, 5.74) is 1.51. The van der Waals surface area contributed by atoms with E-state index in [0.717, 1.165) is 25.2 Å². The number of hydrogen-bond acceptors (Lipinski definition) is 5. The van der Waals surface area contributed by atoms with Crippen molar-refractivity contribution < 1.29 is 14.0 Å². The number of anilines is 1. The summed E-state index contributed by atoms with van der Waals surface area (Å²) in [6, 6.07) is 6.01. The molecule has 0 bridgehead atoms. The molecular formula is C21H26FN5O2S. The number of carbonyl (C=O) groups is 2. The Kier molecular flexibility index (Phi) is 6.29. The Bertz CT molecular complexity index is 911. The summed E-state index contributed by atoms with van der Waals surface area (Å²) in [6.07, 6.45) is 2.46. The fourth-order valence-corrected chi connectivity index (χ4v) is 4.84. The summed E-state index contributed by atoms with van der Waals surface area (Å²) >= 11 is 1.25. The van der Waals surface area contributed by atoms with Crippen LogP contribution in [0.15, 0.2) is 24.3 Å². The van der Waals surface area contributed by atoms with Crippen molar-refractivity contribution >= 4 is 28.4 Å². The number of aromatic nitrogens is 1. The second-order valence-corrected chi connectivity index (χ2v) is 8.68. The van der Waals surface area contributed by atoms with Crippen LogP contribution in [0.4, 0.5) is 14.3 Å². The Balaban J connectivity index is 1.35. The van der Waals surface area contributed by atoms with Crippen molar-refractivity contribution in [3.05, 3.63) is 46.2 Å². The number of amides is 3. The quantitative estimate of drug-likeness (QED) is 0.732. The van der Waals surface area contributed by atoms with Gasteiger partial charge >= 0.3 is 6.03 Å². The third-order valence-electron chi connectivity index (χ3n) is 5.52. The molecule has 0 radical (unpaired) electrons. The van der Waals surface area contributed by atoms with Crippen LogP contribution in [0.1, 0.15) is 33.8 Å². The Morgan fingerprint density at radius 3 is 2.63 bits per heavy atom. The van der Waals surface area contributed by atoms with Gasteiger partial charge in [0.05, 0.1) is 5.69 Å². The SMILES string of the molecule is Cc1nc(N2CCN(Cc3ccc(F)cc3)C2=O)sc1C(=O)NCCN1CCCC1. The molecule has 1 aromatic carbocycles. The average Bonchev–Trinajstić information content (AvgIpc) is 3.45. The average molecular weight is 432 g/mol. The molecule has 9 heteroatoms. The monoisotopic (exact) mass is 431 g/mol. The number of nitrogens with zero attached hydrogens (tertiary/aromatic N) is 4. The van der Waals surface area contributed by atoms with Crippen LogP contribution < -0.4 is 10.2 Å². The van der Waals surface area contributed by atoms with Gasteiger partial charge < -0.3 is 15.1 Å². The molecule has 7 nitrogen and oxygen atoms in total. The van der Waals surface area contributed by atoms with Crippen LogP contribution in [0.5, 0.6) is 0 Å². The van der Waals surface area contributed by atoms with Gasteiger partial charge in [-0.15, -0.1) is 0 Å². The molecular weight excluding hydrogens is 405 g/mol. The Hall–Kier alpha value is -2.52. The molecule has 0 unspecified atom stereocenters. The van der Waals surface area contributed by atoms with E-state index in [0.29, 0.717) is 41.9 Å². The molecule has 2 aliphatic rings. The zero-order valence-corrected chi connectivity index (χ0v) is 17.9. The van der Waals surface area contributed by atoms with Gasteiger partial charge in [-0.3, -0.25) is 9.69 Å². The number of nitrogens with one attached hydrogen (secondary N) is 1. The predicted octanol–water partition coefficient (Wildman–Crippen LogP) is 2.86. The van der Waals surface area contributed by atoms with Gasteiger partial charge in [0.15, 0.2) is 5.13 Å². The summed E-state index contributed by atoms with van der Waals surface area (Å²) in [5, 5.41) is 3.52. The van der Waals surface area contributed by atoms with Gasteiger partial charge in [0.1, 0.15) is 10.7 Å². The molecule has 3 amide bonds. The van der Waals surface area contributed by atoms with E-state index in [2.05, 4.69) is 15.2 Å². The first-order valence-electron chi connectivity index (χ1n) is 10.3. The molecule has 0 aliphatic carbocycles. The van der Waals surface area contributed by atoms with Crippen molar-refractivity contribution in [2.24, 2.45) is 0 Å². The summed E-state index contributed by atoms with van der Waals surface area (Å²) < 4.78 is 13.1. The smallest absolute Gasteiger partial charge is 0.326 e. The van der Waals surface area contributed by atoms with E-state index in [4.69, 9.17) is 0 Å². The largest absolute Gasteiger partial charge is 0.350 e. The fourth-order valence-electron chi connectivity index (χ4n) is 3.84. The number of hydrogen-bond donors (Lipinski definition) is 1. The minimum atomic E-state index is -0.294. The summed E-state index contributed by atoms with van der Waals surface area (Å²) in [4.78, 5) is 36.1. The number of urea groups is 1. The molecule has 0 saturated carbocycles. The van der Waals surface area contributed by atoms with Crippen LogP contribution in [-0.4, -0.2) is 66.0 Å². The number of halogens is 1. The van der Waals surface area contributed by atoms with E-state index >= 15 is 0 Å².